The van der Waals surface area contributed by atoms with Gasteiger partial charge in [0.15, 0.2) is 0 Å². The minimum absolute atomic E-state index is 0.105. The molecule has 0 heterocycles. The van der Waals surface area contributed by atoms with E-state index < -0.39 is 5.97 Å². The summed E-state index contributed by atoms with van der Waals surface area (Å²) < 4.78 is 5.38. The lowest BCUT2D eigenvalue weighted by molar-refractivity contribution is 0.0693. The van der Waals surface area contributed by atoms with Gasteiger partial charge in [-0.1, -0.05) is 48.1 Å². The second-order valence-corrected chi connectivity index (χ2v) is 6.22. The largest absolute Gasteiger partial charge is 0.507 e. The Morgan fingerprint density at radius 2 is 1.96 bits per heavy atom. The zero-order chi connectivity index (χ0) is 19.1. The second kappa shape index (κ2) is 8.90. The fraction of sp³-hybridized carbons (Fsp3) is 0.227. The zero-order valence-corrected chi connectivity index (χ0v) is 15.2. The van der Waals surface area contributed by atoms with Gasteiger partial charge in [0.2, 0.25) is 0 Å². The third-order valence-electron chi connectivity index (χ3n) is 4.12. The molecule has 4 heteroatoms. The molecule has 0 aliphatic heterocycles. The van der Waals surface area contributed by atoms with Gasteiger partial charge >= 0.3 is 5.97 Å². The Bertz CT molecular complexity index is 820. The number of carboxylic acid groups (broad SMARTS) is 1. The van der Waals surface area contributed by atoms with E-state index in [-0.39, 0.29) is 11.3 Å². The molecule has 0 saturated heterocycles. The van der Waals surface area contributed by atoms with Crippen molar-refractivity contribution in [3.8, 4) is 11.5 Å². The summed E-state index contributed by atoms with van der Waals surface area (Å²) in [6, 6.07) is 11.5. The van der Waals surface area contributed by atoms with Gasteiger partial charge in [0.25, 0.3) is 0 Å². The average molecular weight is 352 g/mol. The fourth-order valence-corrected chi connectivity index (χ4v) is 2.76. The van der Waals surface area contributed by atoms with Crippen molar-refractivity contribution in [2.45, 2.75) is 26.2 Å². The van der Waals surface area contributed by atoms with Crippen LogP contribution < -0.4 is 4.74 Å². The maximum Gasteiger partial charge on any atom is 0.340 e. The highest BCUT2D eigenvalue weighted by atomic mass is 16.5. The number of hydrogen-bond donors (Lipinski definition) is 2. The summed E-state index contributed by atoms with van der Waals surface area (Å²) in [6.07, 6.45) is 5.37. The molecule has 0 fully saturated rings. The average Bonchev–Trinajstić information content (AvgIpc) is 2.60. The SMILES string of the molecule is C=C(C)CCc1c(OC)cc(C=CCc2ccccc2)c(C(=O)O)c1O. The van der Waals surface area contributed by atoms with Crippen LogP contribution in [0.5, 0.6) is 11.5 Å². The Labute approximate surface area is 154 Å². The van der Waals surface area contributed by atoms with Gasteiger partial charge in [-0.05, 0) is 43.4 Å². The molecule has 2 aromatic rings. The van der Waals surface area contributed by atoms with Gasteiger partial charge in [-0.3, -0.25) is 0 Å². The summed E-state index contributed by atoms with van der Waals surface area (Å²) in [5.74, 6) is -0.924. The molecule has 2 rings (SSSR count). The Hall–Kier alpha value is -3.01. The summed E-state index contributed by atoms with van der Waals surface area (Å²) in [7, 11) is 1.51. The van der Waals surface area contributed by atoms with E-state index in [0.29, 0.717) is 36.1 Å². The van der Waals surface area contributed by atoms with Gasteiger partial charge < -0.3 is 14.9 Å². The lowest BCUT2D eigenvalue weighted by Crippen LogP contribution is -2.05. The molecule has 0 aromatic heterocycles. The number of carboxylic acids is 1. The van der Waals surface area contributed by atoms with E-state index in [1.165, 1.54) is 7.11 Å². The number of benzene rings is 2. The molecule has 0 amide bonds. The van der Waals surface area contributed by atoms with Crippen LogP contribution in [0.2, 0.25) is 0 Å². The highest BCUT2D eigenvalue weighted by Crippen LogP contribution is 2.36. The topological polar surface area (TPSA) is 66.8 Å². The van der Waals surface area contributed by atoms with Crippen molar-refractivity contribution in [2.24, 2.45) is 0 Å². The van der Waals surface area contributed by atoms with Gasteiger partial charge in [0, 0.05) is 5.56 Å². The van der Waals surface area contributed by atoms with Crippen LogP contribution >= 0.6 is 0 Å². The molecule has 26 heavy (non-hydrogen) atoms. The zero-order valence-electron chi connectivity index (χ0n) is 15.2. The van der Waals surface area contributed by atoms with Gasteiger partial charge in [-0.2, -0.15) is 0 Å². The van der Waals surface area contributed by atoms with Gasteiger partial charge in [-0.25, -0.2) is 4.79 Å². The Balaban J connectivity index is 2.40. The van der Waals surface area contributed by atoms with Crippen molar-refractivity contribution >= 4 is 12.0 Å². The van der Waals surface area contributed by atoms with Crippen molar-refractivity contribution < 1.29 is 19.7 Å². The van der Waals surface area contributed by atoms with E-state index in [1.807, 2.05) is 43.3 Å². The lowest BCUT2D eigenvalue weighted by atomic mass is 9.96. The van der Waals surface area contributed by atoms with Crippen LogP contribution in [0.15, 0.2) is 54.6 Å². The first-order valence-corrected chi connectivity index (χ1v) is 8.45. The molecule has 2 aromatic carbocycles. The molecule has 0 aliphatic rings. The second-order valence-electron chi connectivity index (χ2n) is 6.22. The third kappa shape index (κ3) is 4.76. The van der Waals surface area contributed by atoms with E-state index in [9.17, 15) is 15.0 Å². The van der Waals surface area contributed by atoms with Crippen molar-refractivity contribution in [3.63, 3.8) is 0 Å². The van der Waals surface area contributed by atoms with Crippen molar-refractivity contribution in [3.05, 3.63) is 76.9 Å². The molecule has 0 spiro atoms. The highest BCUT2D eigenvalue weighted by Gasteiger charge is 2.21. The predicted molar refractivity (Wildman–Crippen MR) is 104 cm³/mol. The van der Waals surface area contributed by atoms with E-state index in [2.05, 4.69) is 6.58 Å². The van der Waals surface area contributed by atoms with Crippen LogP contribution in [-0.2, 0) is 12.8 Å². The Morgan fingerprint density at radius 3 is 2.54 bits per heavy atom. The quantitative estimate of drug-likeness (QED) is 0.666. The van der Waals surface area contributed by atoms with E-state index in [4.69, 9.17) is 4.74 Å². The molecule has 0 aliphatic carbocycles. The van der Waals surface area contributed by atoms with Crippen LogP contribution in [0.25, 0.3) is 6.08 Å². The first kappa shape index (κ1) is 19.3. The summed E-state index contributed by atoms with van der Waals surface area (Å²) >= 11 is 0. The number of aromatic carboxylic acids is 1. The van der Waals surface area contributed by atoms with Crippen LogP contribution in [0.1, 0.15) is 40.4 Å². The number of ether oxygens (including phenoxy) is 1. The summed E-state index contributed by atoms with van der Waals surface area (Å²) in [5.41, 5.74) is 2.88. The molecule has 0 radical (unpaired) electrons. The molecule has 0 atom stereocenters. The smallest absolute Gasteiger partial charge is 0.340 e. The standard InChI is InChI=1S/C22H24O4/c1-15(2)12-13-18-19(26-3)14-17(20(21(18)23)22(24)25)11-7-10-16-8-5-4-6-9-16/h4-9,11,14,23H,1,10,12-13H2,2-3H3,(H,24,25). The minimum atomic E-state index is -1.17. The number of methoxy groups -OCH3 is 1. The summed E-state index contributed by atoms with van der Waals surface area (Å²) in [5, 5.41) is 20.1. The molecule has 2 N–H and O–H groups in total. The number of hydrogen-bond acceptors (Lipinski definition) is 3. The number of phenols is 1. The maximum absolute atomic E-state index is 11.7. The van der Waals surface area contributed by atoms with E-state index >= 15 is 0 Å². The number of carbonyl (C=O) groups is 1. The van der Waals surface area contributed by atoms with Crippen LogP contribution in [0.3, 0.4) is 0 Å². The number of rotatable bonds is 8. The summed E-state index contributed by atoms with van der Waals surface area (Å²) in [4.78, 5) is 11.7. The normalized spacial score (nSPS) is 10.8. The van der Waals surface area contributed by atoms with E-state index in [0.717, 1.165) is 11.1 Å². The first-order valence-electron chi connectivity index (χ1n) is 8.45. The fourth-order valence-electron chi connectivity index (χ4n) is 2.76. The van der Waals surface area contributed by atoms with Gasteiger partial charge in [0.1, 0.15) is 17.1 Å². The Morgan fingerprint density at radius 1 is 1.27 bits per heavy atom. The first-order chi connectivity index (χ1) is 12.4. The predicted octanol–water partition coefficient (Wildman–Crippen LogP) is 4.86. The molecule has 4 nitrogen and oxygen atoms in total. The molecule has 0 unspecified atom stereocenters. The minimum Gasteiger partial charge on any atom is -0.507 e. The molecule has 0 bridgehead atoms. The van der Waals surface area contributed by atoms with Gasteiger partial charge in [-0.15, -0.1) is 6.58 Å². The Kier molecular flexibility index (Phi) is 6.61. The molecular formula is C22H24O4. The molecular weight excluding hydrogens is 328 g/mol. The van der Waals surface area contributed by atoms with Crippen LogP contribution in [-0.4, -0.2) is 23.3 Å². The molecule has 0 saturated carbocycles. The van der Waals surface area contributed by atoms with Crippen molar-refractivity contribution in [1.29, 1.82) is 0 Å². The van der Waals surface area contributed by atoms with Gasteiger partial charge in [0.05, 0.1) is 7.11 Å². The van der Waals surface area contributed by atoms with Crippen molar-refractivity contribution in [1.82, 2.24) is 0 Å². The van der Waals surface area contributed by atoms with Crippen LogP contribution in [0.4, 0.5) is 0 Å². The number of allylic oxidation sites excluding steroid dienone is 2. The third-order valence-corrected chi connectivity index (χ3v) is 4.12. The number of aromatic hydroxyl groups is 1. The maximum atomic E-state index is 11.7. The van der Waals surface area contributed by atoms with E-state index in [1.54, 1.807) is 12.1 Å². The van der Waals surface area contributed by atoms with Crippen LogP contribution in [0, 0.1) is 0 Å². The lowest BCUT2D eigenvalue weighted by Gasteiger charge is -2.15. The molecule has 136 valence electrons. The van der Waals surface area contributed by atoms with Crippen molar-refractivity contribution in [2.75, 3.05) is 7.11 Å². The summed E-state index contributed by atoms with van der Waals surface area (Å²) in [6.45, 7) is 5.74. The monoisotopic (exact) mass is 352 g/mol. The highest BCUT2D eigenvalue weighted by molar-refractivity contribution is 5.96.